The molecule has 3 aromatic rings. The maximum absolute atomic E-state index is 13.8. The Morgan fingerprint density at radius 3 is 2.74 bits per heavy atom. The highest BCUT2D eigenvalue weighted by Gasteiger charge is 2.29. The van der Waals surface area contributed by atoms with Crippen molar-refractivity contribution in [1.82, 2.24) is 24.8 Å². The molecule has 2 aliphatic heterocycles. The number of aromatic amines is 1. The lowest BCUT2D eigenvalue weighted by molar-refractivity contribution is -0.0277. The van der Waals surface area contributed by atoms with Crippen molar-refractivity contribution in [2.45, 2.75) is 51.9 Å². The number of rotatable bonds is 4. The van der Waals surface area contributed by atoms with Gasteiger partial charge in [-0.05, 0) is 46.9 Å². The molecule has 2 aliphatic rings. The van der Waals surface area contributed by atoms with E-state index in [2.05, 4.69) is 27.6 Å². The highest BCUT2D eigenvalue weighted by atomic mass is 16.5. The lowest BCUT2D eigenvalue weighted by Gasteiger charge is -2.31. The summed E-state index contributed by atoms with van der Waals surface area (Å²) >= 11 is 0. The molecule has 0 aliphatic carbocycles. The number of aromatic nitrogens is 3. The van der Waals surface area contributed by atoms with Crippen molar-refractivity contribution >= 4 is 22.8 Å². The number of carbonyl (C=O) groups is 1. The third-order valence-electron chi connectivity index (χ3n) is 6.36. The van der Waals surface area contributed by atoms with Gasteiger partial charge in [-0.2, -0.15) is 0 Å². The fraction of sp³-hybridized carbons (Fsp3) is 0.480. The van der Waals surface area contributed by atoms with E-state index < -0.39 is 0 Å². The highest BCUT2D eigenvalue weighted by Crippen LogP contribution is 2.33. The van der Waals surface area contributed by atoms with Gasteiger partial charge in [0.25, 0.3) is 11.5 Å². The summed E-state index contributed by atoms with van der Waals surface area (Å²) < 4.78 is 7.65. The fourth-order valence-electron chi connectivity index (χ4n) is 4.73. The van der Waals surface area contributed by atoms with Gasteiger partial charge in [-0.3, -0.25) is 14.2 Å². The number of para-hydroxylation sites is 1. The van der Waals surface area contributed by atoms with Crippen LogP contribution in [0.25, 0.3) is 22.2 Å². The van der Waals surface area contributed by atoms with Crippen LogP contribution in [-0.2, 0) is 11.3 Å². The van der Waals surface area contributed by atoms with E-state index in [0.29, 0.717) is 35.6 Å². The molecule has 0 saturated carbocycles. The lowest BCUT2D eigenvalue weighted by Crippen LogP contribution is -2.44. The number of amides is 1. The lowest BCUT2D eigenvalue weighted by atomic mass is 10.1. The molecule has 34 heavy (non-hydrogen) atoms. The van der Waals surface area contributed by atoms with Crippen LogP contribution in [0.2, 0.25) is 0 Å². The molecule has 2 atom stereocenters. The van der Waals surface area contributed by atoms with Gasteiger partial charge < -0.3 is 25.3 Å². The third-order valence-corrected chi connectivity index (χ3v) is 6.36. The van der Waals surface area contributed by atoms with Crippen molar-refractivity contribution in [3.05, 3.63) is 45.9 Å². The number of morpholine rings is 1. The standard InChI is InChI=1S/C25H32N6O3/c1-14-20-18(22(32)26-14)11-19(27-20)16-7-6-8-17-21(16)28-24(29-25(2,3)4)31(23(17)33)13-15-12-30(5)9-10-34-15/h6-8,11,14-15,27H,9-10,12-13H2,1-5H3,(H,26,32)(H,28,29)/t14-,15-/m1/s1. The van der Waals surface area contributed by atoms with Crippen LogP contribution < -0.4 is 16.2 Å². The number of hydrogen-bond acceptors (Lipinski definition) is 6. The molecule has 0 bridgehead atoms. The summed E-state index contributed by atoms with van der Waals surface area (Å²) in [6.45, 7) is 10.8. The van der Waals surface area contributed by atoms with Crippen molar-refractivity contribution in [2.75, 3.05) is 32.1 Å². The van der Waals surface area contributed by atoms with Crippen LogP contribution >= 0.6 is 0 Å². The Morgan fingerprint density at radius 1 is 1.24 bits per heavy atom. The molecule has 4 heterocycles. The average Bonchev–Trinajstić information content (AvgIpc) is 3.31. The Labute approximate surface area is 198 Å². The van der Waals surface area contributed by atoms with Gasteiger partial charge in [0, 0.05) is 29.9 Å². The number of nitrogens with one attached hydrogen (secondary N) is 3. The zero-order valence-corrected chi connectivity index (χ0v) is 20.4. The van der Waals surface area contributed by atoms with Gasteiger partial charge >= 0.3 is 0 Å². The first-order valence-electron chi connectivity index (χ1n) is 11.8. The van der Waals surface area contributed by atoms with Gasteiger partial charge in [0.1, 0.15) is 0 Å². The molecular formula is C25H32N6O3. The smallest absolute Gasteiger partial charge is 0.262 e. The van der Waals surface area contributed by atoms with Crippen molar-refractivity contribution < 1.29 is 9.53 Å². The molecule has 5 rings (SSSR count). The first-order valence-corrected chi connectivity index (χ1v) is 11.8. The quantitative estimate of drug-likeness (QED) is 0.549. The van der Waals surface area contributed by atoms with Crippen LogP contribution in [0.3, 0.4) is 0 Å². The van der Waals surface area contributed by atoms with Crippen LogP contribution in [0.5, 0.6) is 0 Å². The summed E-state index contributed by atoms with van der Waals surface area (Å²) in [5.41, 5.74) is 3.26. The zero-order chi connectivity index (χ0) is 24.2. The monoisotopic (exact) mass is 464 g/mol. The number of nitrogens with zero attached hydrogens (tertiary/aromatic N) is 3. The highest BCUT2D eigenvalue weighted by molar-refractivity contribution is 6.01. The van der Waals surface area contributed by atoms with E-state index in [1.165, 1.54) is 0 Å². The second kappa shape index (κ2) is 8.25. The van der Waals surface area contributed by atoms with Crippen molar-refractivity contribution in [1.29, 1.82) is 0 Å². The van der Waals surface area contributed by atoms with E-state index in [9.17, 15) is 9.59 Å². The molecule has 3 N–H and O–H groups in total. The van der Waals surface area contributed by atoms with Gasteiger partial charge in [-0.25, -0.2) is 4.98 Å². The molecule has 1 aromatic carbocycles. The largest absolute Gasteiger partial charge is 0.374 e. The topological polar surface area (TPSA) is 104 Å². The summed E-state index contributed by atoms with van der Waals surface area (Å²) in [5, 5.41) is 6.87. The molecule has 9 nitrogen and oxygen atoms in total. The molecule has 1 saturated heterocycles. The molecule has 2 aromatic heterocycles. The Morgan fingerprint density at radius 2 is 2.03 bits per heavy atom. The van der Waals surface area contributed by atoms with Gasteiger partial charge in [0.05, 0.1) is 47.5 Å². The first-order chi connectivity index (χ1) is 16.1. The van der Waals surface area contributed by atoms with E-state index >= 15 is 0 Å². The van der Waals surface area contributed by atoms with Gasteiger partial charge in [-0.15, -0.1) is 0 Å². The van der Waals surface area contributed by atoms with Crippen LogP contribution in [-0.4, -0.2) is 63.7 Å². The van der Waals surface area contributed by atoms with E-state index in [1.807, 2.05) is 52.0 Å². The maximum Gasteiger partial charge on any atom is 0.262 e. The van der Waals surface area contributed by atoms with Crippen molar-refractivity contribution in [2.24, 2.45) is 0 Å². The minimum absolute atomic E-state index is 0.0804. The number of H-pyrrole nitrogens is 1. The Kier molecular flexibility index (Phi) is 5.49. The average molecular weight is 465 g/mol. The minimum Gasteiger partial charge on any atom is -0.374 e. The predicted molar refractivity (Wildman–Crippen MR) is 132 cm³/mol. The second-order valence-electron chi connectivity index (χ2n) is 10.4. The van der Waals surface area contributed by atoms with Crippen LogP contribution in [0.15, 0.2) is 29.1 Å². The summed E-state index contributed by atoms with van der Waals surface area (Å²) in [4.78, 5) is 36.6. The van der Waals surface area contributed by atoms with Gasteiger partial charge in [0.2, 0.25) is 5.95 Å². The molecule has 1 amide bonds. The molecule has 9 heteroatoms. The number of hydrogen-bond donors (Lipinski definition) is 3. The Bertz CT molecular complexity index is 1320. The number of ether oxygens (including phenoxy) is 1. The Balaban J connectivity index is 1.65. The van der Waals surface area contributed by atoms with Gasteiger partial charge in [0.15, 0.2) is 0 Å². The number of fused-ring (bicyclic) bond motifs is 2. The minimum atomic E-state index is -0.296. The van der Waals surface area contributed by atoms with E-state index in [4.69, 9.17) is 9.72 Å². The molecule has 180 valence electrons. The van der Waals surface area contributed by atoms with E-state index in [0.717, 1.165) is 30.0 Å². The van der Waals surface area contributed by atoms with Crippen LogP contribution in [0, 0.1) is 0 Å². The predicted octanol–water partition coefficient (Wildman–Crippen LogP) is 2.74. The van der Waals surface area contributed by atoms with Crippen molar-refractivity contribution in [3.8, 4) is 11.3 Å². The molecule has 0 spiro atoms. The normalized spacial score (nSPS) is 21.0. The second-order valence-corrected chi connectivity index (χ2v) is 10.4. The van der Waals surface area contributed by atoms with E-state index in [1.54, 1.807) is 4.57 Å². The molecule has 0 radical (unpaired) electrons. The number of anilines is 1. The van der Waals surface area contributed by atoms with E-state index in [-0.39, 0.29) is 29.2 Å². The Hall–Kier alpha value is -3.17. The number of benzene rings is 1. The molecule has 1 fully saturated rings. The number of carbonyl (C=O) groups excluding carboxylic acids is 1. The summed E-state index contributed by atoms with van der Waals surface area (Å²) in [6.07, 6.45) is -0.0919. The summed E-state index contributed by atoms with van der Waals surface area (Å²) in [7, 11) is 2.06. The zero-order valence-electron chi connectivity index (χ0n) is 20.4. The third kappa shape index (κ3) is 4.10. The maximum atomic E-state index is 13.8. The molecule has 0 unspecified atom stereocenters. The summed E-state index contributed by atoms with van der Waals surface area (Å²) in [6, 6.07) is 7.37. The fourth-order valence-corrected chi connectivity index (χ4v) is 4.73. The van der Waals surface area contributed by atoms with Crippen LogP contribution in [0.1, 0.15) is 49.8 Å². The summed E-state index contributed by atoms with van der Waals surface area (Å²) in [5.74, 6) is 0.424. The SMILES string of the molecule is C[C@H]1NC(=O)c2cc(-c3cccc4c(=O)n(C[C@H]5CN(C)CCO5)c(NC(C)(C)C)nc34)[nH]c21. The van der Waals surface area contributed by atoms with Crippen LogP contribution in [0.4, 0.5) is 5.95 Å². The first kappa shape index (κ1) is 22.6. The molecular weight excluding hydrogens is 432 g/mol. The van der Waals surface area contributed by atoms with Gasteiger partial charge in [-0.1, -0.05) is 12.1 Å². The number of likely N-dealkylation sites (N-methyl/N-ethyl adjacent to an activating group) is 1. The van der Waals surface area contributed by atoms with Crippen molar-refractivity contribution in [3.63, 3.8) is 0 Å².